The number of amides is 3. The van der Waals surface area contributed by atoms with E-state index in [0.717, 1.165) is 24.2 Å². The van der Waals surface area contributed by atoms with E-state index in [1.54, 1.807) is 31.2 Å². The van der Waals surface area contributed by atoms with E-state index in [0.29, 0.717) is 18.1 Å². The summed E-state index contributed by atoms with van der Waals surface area (Å²) >= 11 is 0. The minimum atomic E-state index is -1.16. The predicted octanol–water partition coefficient (Wildman–Crippen LogP) is 2.35. The third-order valence-corrected chi connectivity index (χ3v) is 4.77. The fraction of sp³-hybridized carbons (Fsp3) is 0.421. The van der Waals surface area contributed by atoms with Crippen molar-refractivity contribution in [3.05, 3.63) is 48.0 Å². The van der Waals surface area contributed by atoms with Crippen LogP contribution in [0.4, 0.5) is 4.79 Å². The number of carbonyl (C=O) groups is 3. The Balaban J connectivity index is 1.61. The number of nitrogens with one attached hydrogen (secondary N) is 1. The van der Waals surface area contributed by atoms with Crippen LogP contribution in [0.3, 0.4) is 0 Å². The van der Waals surface area contributed by atoms with Gasteiger partial charge in [0.2, 0.25) is 0 Å². The largest absolute Gasteiger partial charge is 0.464 e. The fourth-order valence-corrected chi connectivity index (χ4v) is 3.20. The van der Waals surface area contributed by atoms with E-state index >= 15 is 0 Å². The third-order valence-electron chi connectivity index (χ3n) is 4.77. The monoisotopic (exact) mass is 342 g/mol. The van der Waals surface area contributed by atoms with Gasteiger partial charge in [0.05, 0.1) is 6.61 Å². The molecule has 1 saturated heterocycles. The van der Waals surface area contributed by atoms with Gasteiger partial charge in [-0.2, -0.15) is 0 Å². The van der Waals surface area contributed by atoms with Crippen LogP contribution in [0.25, 0.3) is 0 Å². The predicted molar refractivity (Wildman–Crippen MR) is 91.5 cm³/mol. The number of rotatable bonds is 5. The maximum Gasteiger partial charge on any atom is 0.326 e. The van der Waals surface area contributed by atoms with Crippen LogP contribution in [0.5, 0.6) is 0 Å². The van der Waals surface area contributed by atoms with Crippen molar-refractivity contribution in [1.29, 1.82) is 0 Å². The van der Waals surface area contributed by atoms with Crippen molar-refractivity contribution in [3.63, 3.8) is 0 Å². The zero-order valence-corrected chi connectivity index (χ0v) is 14.2. The van der Waals surface area contributed by atoms with E-state index in [1.165, 1.54) is 0 Å². The van der Waals surface area contributed by atoms with Crippen molar-refractivity contribution in [2.24, 2.45) is 5.92 Å². The summed E-state index contributed by atoms with van der Waals surface area (Å²) in [7, 11) is 0. The lowest BCUT2D eigenvalue weighted by Gasteiger charge is -2.22. The zero-order valence-electron chi connectivity index (χ0n) is 14.2. The van der Waals surface area contributed by atoms with Gasteiger partial charge in [-0.3, -0.25) is 14.5 Å². The number of urea groups is 1. The maximum absolute atomic E-state index is 12.7. The second-order valence-corrected chi connectivity index (χ2v) is 6.65. The van der Waals surface area contributed by atoms with E-state index in [1.807, 2.05) is 6.07 Å². The maximum atomic E-state index is 12.7. The van der Waals surface area contributed by atoms with Gasteiger partial charge in [0.25, 0.3) is 5.91 Å². The van der Waals surface area contributed by atoms with Gasteiger partial charge in [-0.25, -0.2) is 4.79 Å². The lowest BCUT2D eigenvalue weighted by atomic mass is 9.92. The summed E-state index contributed by atoms with van der Waals surface area (Å²) in [4.78, 5) is 37.9. The average molecular weight is 342 g/mol. The number of imide groups is 1. The summed E-state index contributed by atoms with van der Waals surface area (Å²) in [5.41, 5.74) is -0.481. The molecular formula is C19H22N2O4. The molecule has 3 rings (SSSR count). The number of hydrogen-bond donors (Lipinski definition) is 1. The van der Waals surface area contributed by atoms with Gasteiger partial charge in [0.1, 0.15) is 12.1 Å². The molecule has 132 valence electrons. The topological polar surface area (TPSA) is 75.7 Å². The van der Waals surface area contributed by atoms with Gasteiger partial charge in [-0.05, 0) is 37.7 Å². The Kier molecular flexibility index (Phi) is 4.88. The first-order valence-electron chi connectivity index (χ1n) is 8.51. The Labute approximate surface area is 146 Å². The molecule has 3 amide bonds. The van der Waals surface area contributed by atoms with Gasteiger partial charge < -0.3 is 10.1 Å². The van der Waals surface area contributed by atoms with Crippen molar-refractivity contribution >= 4 is 17.9 Å². The number of hydrogen-bond acceptors (Lipinski definition) is 4. The molecule has 6 nitrogen and oxygen atoms in total. The highest BCUT2D eigenvalue weighted by atomic mass is 16.5. The van der Waals surface area contributed by atoms with Crippen LogP contribution in [0, 0.1) is 5.92 Å². The van der Waals surface area contributed by atoms with Crippen LogP contribution in [-0.2, 0) is 19.9 Å². The number of allylic oxidation sites excluding steroid dienone is 2. The van der Waals surface area contributed by atoms with E-state index < -0.39 is 23.4 Å². The Morgan fingerprint density at radius 1 is 1.28 bits per heavy atom. The third kappa shape index (κ3) is 3.57. The summed E-state index contributed by atoms with van der Waals surface area (Å²) in [6.45, 7) is 1.60. The fourth-order valence-electron chi connectivity index (χ4n) is 3.20. The van der Waals surface area contributed by atoms with Crippen molar-refractivity contribution in [1.82, 2.24) is 10.2 Å². The number of nitrogens with zero attached hydrogens (tertiary/aromatic N) is 1. The van der Waals surface area contributed by atoms with Crippen molar-refractivity contribution < 1.29 is 19.1 Å². The normalized spacial score (nSPS) is 25.8. The Bertz CT molecular complexity index is 701. The molecular weight excluding hydrogens is 320 g/mol. The summed E-state index contributed by atoms with van der Waals surface area (Å²) in [5.74, 6) is -0.691. The molecule has 0 radical (unpaired) electrons. The minimum Gasteiger partial charge on any atom is -0.464 e. The van der Waals surface area contributed by atoms with Crippen LogP contribution >= 0.6 is 0 Å². The zero-order chi connectivity index (χ0) is 17.9. The molecule has 1 heterocycles. The van der Waals surface area contributed by atoms with E-state index in [9.17, 15) is 14.4 Å². The molecule has 1 aliphatic carbocycles. The minimum absolute atomic E-state index is 0.312. The Hall–Kier alpha value is -2.63. The highest BCUT2D eigenvalue weighted by Gasteiger charge is 2.49. The summed E-state index contributed by atoms with van der Waals surface area (Å²) < 4.78 is 5.27. The smallest absolute Gasteiger partial charge is 0.326 e. The second kappa shape index (κ2) is 7.09. The van der Waals surface area contributed by atoms with Crippen LogP contribution in [-0.4, -0.2) is 36.0 Å². The first-order valence-corrected chi connectivity index (χ1v) is 8.51. The number of carbonyl (C=O) groups excluding carboxylic acids is 3. The molecule has 0 spiro atoms. The second-order valence-electron chi connectivity index (χ2n) is 6.65. The van der Waals surface area contributed by atoms with Crippen LogP contribution in [0.2, 0.25) is 0 Å². The van der Waals surface area contributed by atoms with Crippen molar-refractivity contribution in [2.45, 2.75) is 31.7 Å². The standard InChI is InChI=1S/C19H22N2O4/c1-19(15-10-6-3-7-11-15)17(23)21(18(24)20-19)12-16(22)25-13-14-8-4-2-5-9-14/h2-4,6-7,10-11,14H,5,8-9,12-13H2,1H3,(H,20,24)/t14-,19-/m0/s1. The number of esters is 1. The van der Waals surface area contributed by atoms with Gasteiger partial charge in [-0.15, -0.1) is 0 Å². The number of ether oxygens (including phenoxy) is 1. The lowest BCUT2D eigenvalue weighted by Crippen LogP contribution is -2.41. The van der Waals surface area contributed by atoms with Crippen LogP contribution < -0.4 is 5.32 Å². The quantitative estimate of drug-likeness (QED) is 0.506. The van der Waals surface area contributed by atoms with Crippen LogP contribution in [0.15, 0.2) is 42.5 Å². The summed E-state index contributed by atoms with van der Waals surface area (Å²) in [6, 6.07) is 8.41. The lowest BCUT2D eigenvalue weighted by molar-refractivity contribution is -0.149. The van der Waals surface area contributed by atoms with E-state index in [4.69, 9.17) is 4.74 Å². The Morgan fingerprint density at radius 2 is 2.04 bits per heavy atom. The molecule has 1 aromatic rings. The molecule has 1 fully saturated rings. The molecule has 1 N–H and O–H groups in total. The molecule has 2 aliphatic rings. The average Bonchev–Trinajstić information content (AvgIpc) is 2.86. The molecule has 1 aliphatic heterocycles. The van der Waals surface area contributed by atoms with Crippen molar-refractivity contribution in [3.8, 4) is 0 Å². The van der Waals surface area contributed by atoms with Gasteiger partial charge in [-0.1, -0.05) is 42.5 Å². The Morgan fingerprint density at radius 3 is 2.72 bits per heavy atom. The first kappa shape index (κ1) is 17.2. The van der Waals surface area contributed by atoms with E-state index in [-0.39, 0.29) is 6.54 Å². The van der Waals surface area contributed by atoms with Gasteiger partial charge in [0, 0.05) is 0 Å². The molecule has 0 bridgehead atoms. The SMILES string of the molecule is C[C@@]1(c2ccccc2)NC(=O)N(CC(=O)OC[C@H]2CC=CCC2)C1=O. The molecule has 0 saturated carbocycles. The summed E-state index contributed by atoms with van der Waals surface area (Å²) in [5, 5.41) is 2.68. The molecule has 0 aromatic heterocycles. The summed E-state index contributed by atoms with van der Waals surface area (Å²) in [6.07, 6.45) is 7.08. The highest BCUT2D eigenvalue weighted by Crippen LogP contribution is 2.28. The first-order chi connectivity index (χ1) is 12.0. The molecule has 0 unspecified atom stereocenters. The molecule has 25 heavy (non-hydrogen) atoms. The number of benzene rings is 1. The van der Waals surface area contributed by atoms with Gasteiger partial charge >= 0.3 is 12.0 Å². The molecule has 2 atom stereocenters. The molecule has 6 heteroatoms. The van der Waals surface area contributed by atoms with E-state index in [2.05, 4.69) is 17.5 Å². The highest BCUT2D eigenvalue weighted by molar-refractivity contribution is 6.08. The van der Waals surface area contributed by atoms with Gasteiger partial charge in [0.15, 0.2) is 0 Å². The van der Waals surface area contributed by atoms with Crippen LogP contribution in [0.1, 0.15) is 31.7 Å². The van der Waals surface area contributed by atoms with Crippen molar-refractivity contribution in [2.75, 3.05) is 13.2 Å². The molecule has 1 aromatic carbocycles.